The average molecular weight is 467 g/mol. The second kappa shape index (κ2) is 9.60. The molecular weight excluding hydrogens is 447 g/mol. The molecule has 11 heteroatoms. The van der Waals surface area contributed by atoms with Gasteiger partial charge in [0.1, 0.15) is 6.54 Å². The molecule has 3 rings (SSSR count). The van der Waals surface area contributed by atoms with Crippen molar-refractivity contribution in [2.75, 3.05) is 6.61 Å². The van der Waals surface area contributed by atoms with Gasteiger partial charge in [-0.05, 0) is 39.0 Å². The molecule has 0 saturated carbocycles. The summed E-state index contributed by atoms with van der Waals surface area (Å²) in [4.78, 5) is 29.8. The van der Waals surface area contributed by atoms with Gasteiger partial charge in [-0.25, -0.2) is 4.79 Å². The minimum Gasteiger partial charge on any atom is -0.454 e. The Bertz CT molecular complexity index is 1140. The number of carbonyl (C=O) groups is 2. The first-order valence-electron chi connectivity index (χ1n) is 9.50. The summed E-state index contributed by atoms with van der Waals surface area (Å²) in [7, 11) is 0. The number of alkyl halides is 3. The van der Waals surface area contributed by atoms with Crippen molar-refractivity contribution >= 4 is 23.5 Å². The third-order valence-corrected chi connectivity index (χ3v) is 5.63. The standard InChI is InChI=1S/C21H20F3N3O4S/c1-12-8-16(13(2)27(12)11-21(22,23)24)17(28)9-30-20(29)15-6-4-5-7-18(15)32-10-19-25-14(3)26-31-19/h4-8H,9-11H2,1-3H3. The summed E-state index contributed by atoms with van der Waals surface area (Å²) >= 11 is 1.29. The number of hydrogen-bond donors (Lipinski definition) is 0. The van der Waals surface area contributed by atoms with Crippen LogP contribution in [-0.2, 0) is 17.0 Å². The number of ether oxygens (including phenoxy) is 1. The Kier molecular flexibility index (Phi) is 7.07. The molecule has 0 fully saturated rings. The number of benzene rings is 1. The molecule has 0 atom stereocenters. The lowest BCUT2D eigenvalue weighted by Gasteiger charge is -2.12. The first kappa shape index (κ1) is 23.6. The zero-order valence-electron chi connectivity index (χ0n) is 17.5. The molecule has 0 radical (unpaired) electrons. The van der Waals surface area contributed by atoms with Gasteiger partial charge in [-0.1, -0.05) is 17.3 Å². The van der Waals surface area contributed by atoms with E-state index in [0.29, 0.717) is 28.1 Å². The van der Waals surface area contributed by atoms with E-state index in [0.717, 1.165) is 4.57 Å². The number of nitrogens with zero attached hydrogens (tertiary/aromatic N) is 3. The maximum absolute atomic E-state index is 12.8. The number of rotatable bonds is 8. The molecule has 170 valence electrons. The third kappa shape index (κ3) is 5.78. The van der Waals surface area contributed by atoms with Gasteiger partial charge in [0.15, 0.2) is 12.4 Å². The minimum atomic E-state index is -4.41. The molecule has 2 heterocycles. The SMILES string of the molecule is Cc1noc(CSc2ccccc2C(=O)OCC(=O)c2cc(C)n(CC(F)(F)F)c2C)n1. The van der Waals surface area contributed by atoms with Crippen molar-refractivity contribution in [2.45, 2.75) is 44.1 Å². The normalized spacial score (nSPS) is 11.6. The van der Waals surface area contributed by atoms with Crippen LogP contribution in [0.3, 0.4) is 0 Å². The van der Waals surface area contributed by atoms with E-state index in [9.17, 15) is 22.8 Å². The third-order valence-electron chi connectivity index (χ3n) is 4.57. The quantitative estimate of drug-likeness (QED) is 0.270. The van der Waals surface area contributed by atoms with Gasteiger partial charge in [0.05, 0.1) is 11.3 Å². The smallest absolute Gasteiger partial charge is 0.406 e. The largest absolute Gasteiger partial charge is 0.454 e. The molecule has 0 spiro atoms. The fourth-order valence-corrected chi connectivity index (χ4v) is 3.97. The van der Waals surface area contributed by atoms with Crippen LogP contribution < -0.4 is 0 Å². The second-order valence-corrected chi connectivity index (χ2v) is 8.02. The summed E-state index contributed by atoms with van der Waals surface area (Å²) in [5.41, 5.74) is 0.817. The molecular formula is C21H20F3N3O4S. The topological polar surface area (TPSA) is 87.2 Å². The van der Waals surface area contributed by atoms with Crippen molar-refractivity contribution in [2.24, 2.45) is 0 Å². The van der Waals surface area contributed by atoms with Crippen LogP contribution in [0.1, 0.15) is 43.8 Å². The number of halogens is 3. The van der Waals surface area contributed by atoms with Gasteiger partial charge in [-0.3, -0.25) is 4.79 Å². The zero-order valence-corrected chi connectivity index (χ0v) is 18.3. The van der Waals surface area contributed by atoms with Crippen LogP contribution in [-0.4, -0.2) is 39.2 Å². The lowest BCUT2D eigenvalue weighted by atomic mass is 10.1. The minimum absolute atomic E-state index is 0.0916. The highest BCUT2D eigenvalue weighted by Crippen LogP contribution is 2.27. The van der Waals surface area contributed by atoms with Crippen molar-refractivity contribution < 1.29 is 32.0 Å². The van der Waals surface area contributed by atoms with E-state index in [2.05, 4.69) is 10.1 Å². The number of esters is 1. The van der Waals surface area contributed by atoms with Gasteiger partial charge in [0.25, 0.3) is 0 Å². The van der Waals surface area contributed by atoms with E-state index in [1.54, 1.807) is 31.2 Å². The molecule has 0 aliphatic heterocycles. The van der Waals surface area contributed by atoms with Gasteiger partial charge < -0.3 is 13.8 Å². The summed E-state index contributed by atoms with van der Waals surface area (Å²) in [6, 6.07) is 8.05. The van der Waals surface area contributed by atoms with E-state index < -0.39 is 31.1 Å². The van der Waals surface area contributed by atoms with Crippen molar-refractivity contribution in [3.63, 3.8) is 0 Å². The molecule has 7 nitrogen and oxygen atoms in total. The highest BCUT2D eigenvalue weighted by molar-refractivity contribution is 7.98. The monoisotopic (exact) mass is 467 g/mol. The van der Waals surface area contributed by atoms with Crippen molar-refractivity contribution in [3.8, 4) is 0 Å². The first-order chi connectivity index (χ1) is 15.0. The van der Waals surface area contributed by atoms with Crippen LogP contribution in [0.15, 0.2) is 39.8 Å². The maximum Gasteiger partial charge on any atom is 0.406 e. The Hall–Kier alpha value is -3.08. The number of aromatic nitrogens is 3. The summed E-state index contributed by atoms with van der Waals surface area (Å²) in [5.74, 6) is -0.0463. The molecule has 2 aromatic heterocycles. The molecule has 0 aliphatic rings. The Balaban J connectivity index is 1.66. The summed E-state index contributed by atoms with van der Waals surface area (Å²) < 4.78 is 49.5. The second-order valence-electron chi connectivity index (χ2n) is 7.01. The predicted octanol–water partition coefficient (Wildman–Crippen LogP) is 4.69. The number of ketones is 1. The van der Waals surface area contributed by atoms with Gasteiger partial charge in [-0.2, -0.15) is 18.2 Å². The lowest BCUT2D eigenvalue weighted by Crippen LogP contribution is -2.20. The van der Waals surface area contributed by atoms with Gasteiger partial charge in [-0.15, -0.1) is 11.8 Å². The van der Waals surface area contributed by atoms with Crippen LogP contribution in [0.5, 0.6) is 0 Å². The van der Waals surface area contributed by atoms with E-state index >= 15 is 0 Å². The zero-order chi connectivity index (χ0) is 23.5. The fourth-order valence-electron chi connectivity index (χ4n) is 3.09. The number of hydrogen-bond acceptors (Lipinski definition) is 7. The predicted molar refractivity (Wildman–Crippen MR) is 110 cm³/mol. The van der Waals surface area contributed by atoms with Crippen LogP contribution >= 0.6 is 11.8 Å². The van der Waals surface area contributed by atoms with Crippen molar-refractivity contribution in [3.05, 3.63) is 64.6 Å². The lowest BCUT2D eigenvalue weighted by molar-refractivity contribution is -0.141. The van der Waals surface area contributed by atoms with Crippen LogP contribution in [0.2, 0.25) is 0 Å². The molecule has 1 aromatic carbocycles. The van der Waals surface area contributed by atoms with Gasteiger partial charge >= 0.3 is 12.1 Å². The molecule has 3 aromatic rings. The Morgan fingerprint density at radius 3 is 2.53 bits per heavy atom. The maximum atomic E-state index is 12.8. The molecule has 32 heavy (non-hydrogen) atoms. The molecule has 0 amide bonds. The molecule has 0 N–H and O–H groups in total. The molecule has 0 aliphatic carbocycles. The van der Waals surface area contributed by atoms with Crippen molar-refractivity contribution in [1.82, 2.24) is 14.7 Å². The van der Waals surface area contributed by atoms with E-state index in [-0.39, 0.29) is 16.8 Å². The molecule has 0 saturated heterocycles. The van der Waals surface area contributed by atoms with E-state index in [1.807, 2.05) is 0 Å². The van der Waals surface area contributed by atoms with E-state index in [1.165, 1.54) is 31.7 Å². The number of aryl methyl sites for hydroxylation is 2. The van der Waals surface area contributed by atoms with Crippen molar-refractivity contribution in [1.29, 1.82) is 0 Å². The Labute approximate surface area is 185 Å². The summed E-state index contributed by atoms with van der Waals surface area (Å²) in [5, 5.41) is 3.71. The summed E-state index contributed by atoms with van der Waals surface area (Å²) in [6.07, 6.45) is -4.41. The highest BCUT2D eigenvalue weighted by Gasteiger charge is 2.30. The number of carbonyl (C=O) groups excluding carboxylic acids is 2. The summed E-state index contributed by atoms with van der Waals surface area (Å²) in [6.45, 7) is 2.83. The average Bonchev–Trinajstić information content (AvgIpc) is 3.27. The Morgan fingerprint density at radius 1 is 1.16 bits per heavy atom. The van der Waals surface area contributed by atoms with Gasteiger partial charge in [0.2, 0.25) is 11.7 Å². The molecule has 0 bridgehead atoms. The number of Topliss-reactive ketones (excluding diaryl/α,β-unsaturated/α-hetero) is 1. The highest BCUT2D eigenvalue weighted by atomic mass is 32.2. The van der Waals surface area contributed by atoms with Crippen LogP contribution in [0, 0.1) is 20.8 Å². The van der Waals surface area contributed by atoms with E-state index in [4.69, 9.17) is 9.26 Å². The van der Waals surface area contributed by atoms with Crippen LogP contribution in [0.25, 0.3) is 0 Å². The number of thioether (sulfide) groups is 1. The Morgan fingerprint density at radius 2 is 1.88 bits per heavy atom. The first-order valence-corrected chi connectivity index (χ1v) is 10.5. The van der Waals surface area contributed by atoms with Gasteiger partial charge in [0, 0.05) is 21.8 Å². The fraction of sp³-hybridized carbons (Fsp3) is 0.333. The molecule has 0 unspecified atom stereocenters. The van der Waals surface area contributed by atoms with Crippen LogP contribution in [0.4, 0.5) is 13.2 Å².